The van der Waals surface area contributed by atoms with E-state index in [0.29, 0.717) is 23.2 Å². The fourth-order valence-electron chi connectivity index (χ4n) is 5.08. The minimum absolute atomic E-state index is 0.0756. The molecule has 4 heterocycles. The molecule has 5 aliphatic rings. The third-order valence-electron chi connectivity index (χ3n) is 6.37. The summed E-state index contributed by atoms with van der Waals surface area (Å²) in [4.78, 5) is 37.7. The lowest BCUT2D eigenvalue weighted by Crippen LogP contribution is -2.57. The van der Waals surface area contributed by atoms with E-state index in [4.69, 9.17) is 0 Å². The summed E-state index contributed by atoms with van der Waals surface area (Å²) in [5.74, 6) is -3.70. The smallest absolute Gasteiger partial charge is 0.258 e. The Balaban J connectivity index is 1.51. The highest BCUT2D eigenvalue weighted by Gasteiger charge is 2.45. The third-order valence-corrected chi connectivity index (χ3v) is 6.37. The summed E-state index contributed by atoms with van der Waals surface area (Å²) in [5, 5.41) is 5.64. The van der Waals surface area contributed by atoms with Gasteiger partial charge in [0.05, 0.1) is 5.56 Å². The van der Waals surface area contributed by atoms with E-state index in [1.165, 1.54) is 11.0 Å². The number of halogens is 2. The molecule has 4 aliphatic heterocycles. The third kappa shape index (κ3) is 2.50. The molecule has 3 saturated heterocycles. The summed E-state index contributed by atoms with van der Waals surface area (Å²) in [6.45, 7) is 0.0756. The van der Waals surface area contributed by atoms with Crippen LogP contribution in [0.3, 0.4) is 0 Å². The lowest BCUT2D eigenvalue weighted by molar-refractivity contribution is -0.136. The molecule has 8 heteroatoms. The number of rotatable bonds is 2. The van der Waals surface area contributed by atoms with Crippen LogP contribution in [0.2, 0.25) is 0 Å². The number of nitrogens with one attached hydrogen (secondary N) is 2. The number of nitrogens with zero attached hydrogens (tertiary/aromatic N) is 1. The van der Waals surface area contributed by atoms with Gasteiger partial charge in [-0.05, 0) is 48.8 Å². The largest absolute Gasteiger partial charge is 0.322 e. The molecular formula is C19H19F2N3O3. The van der Waals surface area contributed by atoms with E-state index in [1.807, 2.05) is 0 Å². The van der Waals surface area contributed by atoms with Crippen LogP contribution in [0.25, 0.3) is 0 Å². The van der Waals surface area contributed by atoms with Crippen LogP contribution in [0, 0.1) is 11.6 Å². The molecular weight excluding hydrogens is 356 g/mol. The molecule has 4 fully saturated rings. The Labute approximate surface area is 154 Å². The molecule has 1 aromatic carbocycles. The van der Waals surface area contributed by atoms with Crippen molar-refractivity contribution in [3.8, 4) is 0 Å². The number of benzene rings is 1. The van der Waals surface area contributed by atoms with Gasteiger partial charge in [0.25, 0.3) is 5.91 Å². The van der Waals surface area contributed by atoms with Crippen molar-refractivity contribution in [2.75, 3.05) is 0 Å². The standard InChI is InChI=1S/C19H19F2N3O3/c20-13-6-11(8-3-9-5-10(4-8)22-9)12-7-24(19(27)16(12)17(13)21)14-1-2-15(25)23-18(14)26/h6,8-10,14,22H,1-5,7H2,(H,23,25,26). The molecule has 1 aromatic rings. The summed E-state index contributed by atoms with van der Waals surface area (Å²) in [7, 11) is 0. The number of piperidine rings is 2. The number of hydrogen-bond donors (Lipinski definition) is 2. The van der Waals surface area contributed by atoms with Gasteiger partial charge in [0.15, 0.2) is 11.6 Å². The van der Waals surface area contributed by atoms with Gasteiger partial charge in [-0.15, -0.1) is 0 Å². The van der Waals surface area contributed by atoms with Crippen molar-refractivity contribution in [2.45, 2.75) is 62.7 Å². The first kappa shape index (κ1) is 16.8. The minimum Gasteiger partial charge on any atom is -0.322 e. The molecule has 2 N–H and O–H groups in total. The summed E-state index contributed by atoms with van der Waals surface area (Å²) in [5.41, 5.74) is 0.931. The van der Waals surface area contributed by atoms with Crippen LogP contribution < -0.4 is 10.6 Å². The van der Waals surface area contributed by atoms with Crippen LogP contribution in [0.4, 0.5) is 8.78 Å². The number of imide groups is 1. The average molecular weight is 375 g/mol. The fourth-order valence-corrected chi connectivity index (χ4v) is 5.08. The van der Waals surface area contributed by atoms with E-state index in [2.05, 4.69) is 10.6 Å². The highest BCUT2D eigenvalue weighted by Crippen LogP contribution is 2.43. The van der Waals surface area contributed by atoms with Gasteiger partial charge >= 0.3 is 0 Å². The molecule has 3 atom stereocenters. The van der Waals surface area contributed by atoms with Crippen LogP contribution in [-0.2, 0) is 16.1 Å². The minimum atomic E-state index is -1.15. The molecule has 6 nitrogen and oxygen atoms in total. The molecule has 3 unspecified atom stereocenters. The maximum Gasteiger partial charge on any atom is 0.258 e. The van der Waals surface area contributed by atoms with Crippen molar-refractivity contribution in [3.05, 3.63) is 34.4 Å². The van der Waals surface area contributed by atoms with Gasteiger partial charge in [0.2, 0.25) is 11.8 Å². The first-order chi connectivity index (χ1) is 12.9. The summed E-state index contributed by atoms with van der Waals surface area (Å²) in [6.07, 6.45) is 3.09. The molecule has 1 aliphatic carbocycles. The Morgan fingerprint density at radius 1 is 1.07 bits per heavy atom. The Morgan fingerprint density at radius 3 is 2.44 bits per heavy atom. The zero-order valence-electron chi connectivity index (χ0n) is 14.6. The van der Waals surface area contributed by atoms with Crippen molar-refractivity contribution >= 4 is 17.7 Å². The van der Waals surface area contributed by atoms with Crippen LogP contribution >= 0.6 is 0 Å². The van der Waals surface area contributed by atoms with E-state index in [9.17, 15) is 23.2 Å². The van der Waals surface area contributed by atoms with Crippen LogP contribution in [0.1, 0.15) is 59.5 Å². The van der Waals surface area contributed by atoms with Gasteiger partial charge in [-0.1, -0.05) is 0 Å². The van der Waals surface area contributed by atoms with Gasteiger partial charge in [0.1, 0.15) is 6.04 Å². The molecule has 2 bridgehead atoms. The zero-order valence-corrected chi connectivity index (χ0v) is 14.6. The molecule has 0 radical (unpaired) electrons. The van der Waals surface area contributed by atoms with Gasteiger partial charge in [0, 0.05) is 25.0 Å². The molecule has 0 spiro atoms. The molecule has 1 saturated carbocycles. The number of hydrogen-bond acceptors (Lipinski definition) is 4. The zero-order chi connectivity index (χ0) is 18.9. The average Bonchev–Trinajstić information content (AvgIpc) is 2.95. The summed E-state index contributed by atoms with van der Waals surface area (Å²) >= 11 is 0. The molecule has 3 amide bonds. The maximum absolute atomic E-state index is 14.5. The molecule has 27 heavy (non-hydrogen) atoms. The van der Waals surface area contributed by atoms with Gasteiger partial charge < -0.3 is 10.2 Å². The second kappa shape index (κ2) is 5.82. The highest BCUT2D eigenvalue weighted by molar-refractivity contribution is 6.05. The predicted molar refractivity (Wildman–Crippen MR) is 89.7 cm³/mol. The topological polar surface area (TPSA) is 78.5 Å². The van der Waals surface area contributed by atoms with Crippen molar-refractivity contribution in [1.82, 2.24) is 15.5 Å². The van der Waals surface area contributed by atoms with Crippen molar-refractivity contribution < 1.29 is 23.2 Å². The van der Waals surface area contributed by atoms with E-state index in [0.717, 1.165) is 19.3 Å². The van der Waals surface area contributed by atoms with Gasteiger partial charge in [-0.25, -0.2) is 8.78 Å². The first-order valence-electron chi connectivity index (χ1n) is 9.34. The number of carbonyl (C=O) groups excluding carboxylic acids is 3. The first-order valence-corrected chi connectivity index (χ1v) is 9.34. The van der Waals surface area contributed by atoms with Crippen LogP contribution in [-0.4, -0.2) is 40.7 Å². The second-order valence-electron chi connectivity index (χ2n) is 7.98. The normalized spacial score (nSPS) is 32.2. The molecule has 6 rings (SSSR count). The quantitative estimate of drug-likeness (QED) is 0.765. The number of fused-ring (bicyclic) bond motifs is 3. The highest BCUT2D eigenvalue weighted by atomic mass is 19.2. The Bertz CT molecular complexity index is 871. The van der Waals surface area contributed by atoms with E-state index in [1.54, 1.807) is 0 Å². The lowest BCUT2D eigenvalue weighted by Gasteiger charge is -2.47. The molecule has 142 valence electrons. The van der Waals surface area contributed by atoms with Crippen molar-refractivity contribution in [2.24, 2.45) is 0 Å². The van der Waals surface area contributed by atoms with Gasteiger partial charge in [-0.2, -0.15) is 0 Å². The predicted octanol–water partition coefficient (Wildman–Crippen LogP) is 1.33. The SMILES string of the molecule is O=C1CCC(N2Cc3c(C4CC5CC(C4)N5)cc(F)c(F)c3C2=O)C(=O)N1. The second-order valence-corrected chi connectivity index (χ2v) is 7.98. The number of carbonyl (C=O) groups is 3. The van der Waals surface area contributed by atoms with Crippen LogP contribution in [0.15, 0.2) is 6.07 Å². The lowest BCUT2D eigenvalue weighted by atomic mass is 9.72. The summed E-state index contributed by atoms with van der Waals surface area (Å²) < 4.78 is 28.8. The Morgan fingerprint density at radius 2 is 1.78 bits per heavy atom. The van der Waals surface area contributed by atoms with Gasteiger partial charge in [-0.3, -0.25) is 19.7 Å². The molecule has 0 aromatic heterocycles. The van der Waals surface area contributed by atoms with E-state index >= 15 is 0 Å². The Hall–Kier alpha value is -2.35. The number of amides is 3. The maximum atomic E-state index is 14.5. The fraction of sp³-hybridized carbons (Fsp3) is 0.526. The summed E-state index contributed by atoms with van der Waals surface area (Å²) in [6, 6.07) is 1.17. The van der Waals surface area contributed by atoms with E-state index < -0.39 is 29.5 Å². The van der Waals surface area contributed by atoms with Crippen molar-refractivity contribution in [1.29, 1.82) is 0 Å². The van der Waals surface area contributed by atoms with E-state index in [-0.39, 0.29) is 36.8 Å². The van der Waals surface area contributed by atoms with Crippen LogP contribution in [0.5, 0.6) is 0 Å². The van der Waals surface area contributed by atoms with Crippen molar-refractivity contribution in [3.63, 3.8) is 0 Å². The monoisotopic (exact) mass is 375 g/mol. The Kier molecular flexibility index (Phi) is 3.62.